The van der Waals surface area contributed by atoms with Crippen LogP contribution in [0.2, 0.25) is 0 Å². The second-order valence-corrected chi connectivity index (χ2v) is 4.45. The Kier molecular flexibility index (Phi) is 3.28. The molecule has 1 aromatic carbocycles. The van der Waals surface area contributed by atoms with Crippen molar-refractivity contribution < 1.29 is 13.2 Å². The van der Waals surface area contributed by atoms with Crippen molar-refractivity contribution in [1.82, 2.24) is 4.98 Å². The first-order valence-corrected chi connectivity index (χ1v) is 5.89. The Hall–Kier alpha value is -1.58. The third-order valence-electron chi connectivity index (χ3n) is 3.22. The van der Waals surface area contributed by atoms with E-state index in [1.807, 2.05) is 13.8 Å². The Balaban J connectivity index is 2.61. The number of nitrogens with zero attached hydrogens (tertiary/aromatic N) is 1. The molecule has 0 saturated heterocycles. The highest BCUT2D eigenvalue weighted by Crippen LogP contribution is 2.34. The summed E-state index contributed by atoms with van der Waals surface area (Å²) in [6, 6.07) is 5.96. The molecule has 1 heterocycles. The Morgan fingerprint density at radius 3 is 2.61 bits per heavy atom. The van der Waals surface area contributed by atoms with Gasteiger partial charge in [0.1, 0.15) is 0 Å². The van der Waals surface area contributed by atoms with Crippen LogP contribution in [0.15, 0.2) is 30.5 Å². The van der Waals surface area contributed by atoms with Crippen LogP contribution in [0.4, 0.5) is 13.2 Å². The molecule has 4 heteroatoms. The molecular formula is C14H14F3N. The van der Waals surface area contributed by atoms with E-state index in [1.165, 1.54) is 6.07 Å². The number of aromatic nitrogens is 1. The molecule has 2 aromatic rings. The van der Waals surface area contributed by atoms with Gasteiger partial charge >= 0.3 is 6.18 Å². The highest BCUT2D eigenvalue weighted by molar-refractivity contribution is 5.82. The van der Waals surface area contributed by atoms with E-state index in [4.69, 9.17) is 0 Å². The standard InChI is InChI=1S/C14H14F3N/c1-3-9(2)11-7-10-5-4-6-12(14(15,16)17)13(10)18-8-11/h4-9H,3H2,1-2H3. The Bertz CT molecular complexity index is 560. The van der Waals surface area contributed by atoms with Crippen LogP contribution in [0.3, 0.4) is 0 Å². The van der Waals surface area contributed by atoms with E-state index in [-0.39, 0.29) is 5.52 Å². The molecule has 0 aliphatic rings. The van der Waals surface area contributed by atoms with E-state index in [0.29, 0.717) is 11.3 Å². The number of pyridine rings is 1. The molecule has 1 nitrogen and oxygen atoms in total. The summed E-state index contributed by atoms with van der Waals surface area (Å²) in [6.07, 6.45) is -1.87. The van der Waals surface area contributed by atoms with Gasteiger partial charge in [-0.15, -0.1) is 0 Å². The molecule has 96 valence electrons. The molecule has 0 bridgehead atoms. The molecule has 1 unspecified atom stereocenters. The van der Waals surface area contributed by atoms with Gasteiger partial charge < -0.3 is 0 Å². The summed E-state index contributed by atoms with van der Waals surface area (Å²) in [7, 11) is 0. The smallest absolute Gasteiger partial charge is 0.255 e. The van der Waals surface area contributed by atoms with Gasteiger partial charge in [-0.1, -0.05) is 26.0 Å². The number of halogens is 3. The Labute approximate surface area is 104 Å². The van der Waals surface area contributed by atoms with E-state index in [0.717, 1.165) is 18.1 Å². The van der Waals surface area contributed by atoms with Gasteiger partial charge in [0.25, 0.3) is 0 Å². The molecule has 0 amide bonds. The molecule has 0 aliphatic carbocycles. The normalized spacial score (nSPS) is 13.8. The lowest BCUT2D eigenvalue weighted by Crippen LogP contribution is -2.06. The Morgan fingerprint density at radius 2 is 2.00 bits per heavy atom. The van der Waals surface area contributed by atoms with Gasteiger partial charge in [-0.2, -0.15) is 13.2 Å². The van der Waals surface area contributed by atoms with Crippen LogP contribution >= 0.6 is 0 Å². The summed E-state index contributed by atoms with van der Waals surface area (Å²) in [5, 5.41) is 0.544. The lowest BCUT2D eigenvalue weighted by atomic mass is 9.98. The van der Waals surface area contributed by atoms with E-state index in [9.17, 15) is 13.2 Å². The number of hydrogen-bond acceptors (Lipinski definition) is 1. The van der Waals surface area contributed by atoms with Gasteiger partial charge in [0, 0.05) is 11.6 Å². The molecule has 0 aliphatic heterocycles. The van der Waals surface area contributed by atoms with Crippen molar-refractivity contribution in [2.45, 2.75) is 32.4 Å². The first-order chi connectivity index (χ1) is 8.43. The summed E-state index contributed by atoms with van der Waals surface area (Å²) in [6.45, 7) is 4.08. The van der Waals surface area contributed by atoms with Crippen molar-refractivity contribution >= 4 is 10.9 Å². The summed E-state index contributed by atoms with van der Waals surface area (Å²) in [5.74, 6) is 0.302. The predicted molar refractivity (Wildman–Crippen MR) is 65.5 cm³/mol. The zero-order chi connectivity index (χ0) is 13.3. The van der Waals surface area contributed by atoms with Crippen LogP contribution in [0.1, 0.15) is 37.3 Å². The number of benzene rings is 1. The summed E-state index contributed by atoms with van der Waals surface area (Å²) in [5.41, 5.74) is 0.331. The zero-order valence-electron chi connectivity index (χ0n) is 10.3. The number of para-hydroxylation sites is 1. The molecule has 0 spiro atoms. The number of rotatable bonds is 2. The third-order valence-corrected chi connectivity index (χ3v) is 3.22. The molecule has 1 aromatic heterocycles. The minimum Gasteiger partial charge on any atom is -0.255 e. The van der Waals surface area contributed by atoms with Crippen LogP contribution in [0.25, 0.3) is 10.9 Å². The van der Waals surface area contributed by atoms with Gasteiger partial charge in [0.2, 0.25) is 0 Å². The van der Waals surface area contributed by atoms with Crippen molar-refractivity contribution in [2.24, 2.45) is 0 Å². The van der Waals surface area contributed by atoms with Gasteiger partial charge in [-0.3, -0.25) is 4.98 Å². The van der Waals surface area contributed by atoms with Crippen LogP contribution in [0.5, 0.6) is 0 Å². The SMILES string of the molecule is CCC(C)c1cnc2c(C(F)(F)F)cccc2c1. The summed E-state index contributed by atoms with van der Waals surface area (Å²) >= 11 is 0. The lowest BCUT2D eigenvalue weighted by molar-refractivity contribution is -0.136. The first kappa shape index (κ1) is 12.9. The molecule has 1 atom stereocenters. The van der Waals surface area contributed by atoms with Crippen LogP contribution < -0.4 is 0 Å². The van der Waals surface area contributed by atoms with E-state index in [1.54, 1.807) is 18.3 Å². The fraction of sp³-hybridized carbons (Fsp3) is 0.357. The van der Waals surface area contributed by atoms with Crippen molar-refractivity contribution in [1.29, 1.82) is 0 Å². The first-order valence-electron chi connectivity index (χ1n) is 5.89. The molecule has 0 fully saturated rings. The Morgan fingerprint density at radius 1 is 1.28 bits per heavy atom. The summed E-state index contributed by atoms with van der Waals surface area (Å²) < 4.78 is 38.4. The number of alkyl halides is 3. The quantitative estimate of drug-likeness (QED) is 0.751. The second-order valence-electron chi connectivity index (χ2n) is 4.45. The maximum Gasteiger partial charge on any atom is 0.418 e. The summed E-state index contributed by atoms with van der Waals surface area (Å²) in [4.78, 5) is 4.00. The largest absolute Gasteiger partial charge is 0.418 e. The predicted octanol–water partition coefficient (Wildman–Crippen LogP) is 4.77. The van der Waals surface area contributed by atoms with Crippen LogP contribution in [-0.4, -0.2) is 4.98 Å². The molecule has 0 N–H and O–H groups in total. The maximum absolute atomic E-state index is 12.8. The number of fused-ring (bicyclic) bond motifs is 1. The minimum atomic E-state index is -4.36. The van der Waals surface area contributed by atoms with E-state index >= 15 is 0 Å². The minimum absolute atomic E-state index is 0.0250. The number of hydrogen-bond donors (Lipinski definition) is 0. The van der Waals surface area contributed by atoms with Crippen molar-refractivity contribution in [3.63, 3.8) is 0 Å². The monoisotopic (exact) mass is 253 g/mol. The maximum atomic E-state index is 12.8. The van der Waals surface area contributed by atoms with Gasteiger partial charge in [0.15, 0.2) is 0 Å². The molecule has 0 saturated carbocycles. The van der Waals surface area contributed by atoms with E-state index < -0.39 is 11.7 Å². The molecule has 2 rings (SSSR count). The highest BCUT2D eigenvalue weighted by Gasteiger charge is 2.33. The van der Waals surface area contributed by atoms with Gasteiger partial charge in [-0.05, 0) is 30.0 Å². The second kappa shape index (κ2) is 4.59. The van der Waals surface area contributed by atoms with Gasteiger partial charge in [-0.25, -0.2) is 0 Å². The van der Waals surface area contributed by atoms with Crippen molar-refractivity contribution in [2.75, 3.05) is 0 Å². The average molecular weight is 253 g/mol. The molecule has 18 heavy (non-hydrogen) atoms. The van der Waals surface area contributed by atoms with Crippen molar-refractivity contribution in [3.05, 3.63) is 41.6 Å². The molecule has 0 radical (unpaired) electrons. The fourth-order valence-electron chi connectivity index (χ4n) is 1.91. The zero-order valence-corrected chi connectivity index (χ0v) is 10.3. The third kappa shape index (κ3) is 2.33. The van der Waals surface area contributed by atoms with Crippen LogP contribution in [0, 0.1) is 0 Å². The van der Waals surface area contributed by atoms with Crippen LogP contribution in [-0.2, 0) is 6.18 Å². The average Bonchev–Trinajstić information content (AvgIpc) is 2.35. The molecular weight excluding hydrogens is 239 g/mol. The van der Waals surface area contributed by atoms with Crippen molar-refractivity contribution in [3.8, 4) is 0 Å². The highest BCUT2D eigenvalue weighted by atomic mass is 19.4. The van der Waals surface area contributed by atoms with E-state index in [2.05, 4.69) is 4.98 Å². The topological polar surface area (TPSA) is 12.9 Å². The lowest BCUT2D eigenvalue weighted by Gasteiger charge is -2.12. The fourth-order valence-corrected chi connectivity index (χ4v) is 1.91. The van der Waals surface area contributed by atoms with Gasteiger partial charge in [0.05, 0.1) is 11.1 Å².